The molecule has 0 spiro atoms. The first-order valence-electron chi connectivity index (χ1n) is 9.49. The highest BCUT2D eigenvalue weighted by Gasteiger charge is 2.31. The summed E-state index contributed by atoms with van der Waals surface area (Å²) in [7, 11) is -3.48. The number of piperazine rings is 1. The minimum atomic E-state index is -3.48. The van der Waals surface area contributed by atoms with E-state index in [0.717, 1.165) is 12.0 Å². The highest BCUT2D eigenvalue weighted by atomic mass is 32.2. The Balaban J connectivity index is 1.49. The van der Waals surface area contributed by atoms with Crippen molar-refractivity contribution in [2.24, 2.45) is 0 Å². The van der Waals surface area contributed by atoms with Crippen molar-refractivity contribution in [3.63, 3.8) is 0 Å². The van der Waals surface area contributed by atoms with Gasteiger partial charge in [-0.15, -0.1) is 11.3 Å². The zero-order valence-corrected chi connectivity index (χ0v) is 17.9. The van der Waals surface area contributed by atoms with Crippen molar-refractivity contribution in [1.29, 1.82) is 0 Å². The molecule has 1 fully saturated rings. The Labute approximate surface area is 171 Å². The van der Waals surface area contributed by atoms with E-state index in [1.54, 1.807) is 23.5 Å². The Morgan fingerprint density at radius 1 is 1.14 bits per heavy atom. The van der Waals surface area contributed by atoms with Gasteiger partial charge in [-0.3, -0.25) is 9.69 Å². The lowest BCUT2D eigenvalue weighted by Crippen LogP contribution is -2.55. The standard InChI is InChI=1S/C20H27N3O3S2/c1-16-5-7-19(8-6-16)28(25,26)23-13-11-22(12-14-23)17(2)20(24)21-10-9-18-4-3-15-27-18/h3-8,15,17H,9-14H2,1-2H3,(H,21,24)/t17-/m0/s1. The molecule has 0 bridgehead atoms. The van der Waals surface area contributed by atoms with Crippen molar-refractivity contribution in [2.75, 3.05) is 32.7 Å². The van der Waals surface area contributed by atoms with Crippen molar-refractivity contribution in [3.05, 3.63) is 52.2 Å². The SMILES string of the molecule is Cc1ccc(S(=O)(=O)N2CCN([C@@H](C)C(=O)NCCc3cccs3)CC2)cc1. The zero-order valence-electron chi connectivity index (χ0n) is 16.3. The van der Waals surface area contributed by atoms with Crippen molar-refractivity contribution in [2.45, 2.75) is 31.2 Å². The number of carbonyl (C=O) groups is 1. The average Bonchev–Trinajstić information content (AvgIpc) is 3.21. The Morgan fingerprint density at radius 3 is 2.43 bits per heavy atom. The summed E-state index contributed by atoms with van der Waals surface area (Å²) in [4.78, 5) is 16.0. The maximum Gasteiger partial charge on any atom is 0.243 e. The van der Waals surface area contributed by atoms with Crippen molar-refractivity contribution in [1.82, 2.24) is 14.5 Å². The fourth-order valence-corrected chi connectivity index (χ4v) is 5.40. The van der Waals surface area contributed by atoms with Crippen LogP contribution >= 0.6 is 11.3 Å². The summed E-state index contributed by atoms with van der Waals surface area (Å²) >= 11 is 1.69. The lowest BCUT2D eigenvalue weighted by molar-refractivity contribution is -0.126. The van der Waals surface area contributed by atoms with E-state index >= 15 is 0 Å². The highest BCUT2D eigenvalue weighted by Crippen LogP contribution is 2.19. The zero-order chi connectivity index (χ0) is 20.1. The minimum Gasteiger partial charge on any atom is -0.354 e. The van der Waals surface area contributed by atoms with Gasteiger partial charge in [-0.1, -0.05) is 23.8 Å². The molecule has 6 nitrogen and oxygen atoms in total. The second kappa shape index (κ2) is 9.17. The second-order valence-corrected chi connectivity index (χ2v) is 10.0. The molecule has 0 aliphatic carbocycles. The first-order valence-corrected chi connectivity index (χ1v) is 11.8. The highest BCUT2D eigenvalue weighted by molar-refractivity contribution is 7.89. The van der Waals surface area contributed by atoms with Crippen LogP contribution < -0.4 is 5.32 Å². The van der Waals surface area contributed by atoms with Gasteiger partial charge in [-0.25, -0.2) is 8.42 Å². The van der Waals surface area contributed by atoms with E-state index in [0.29, 0.717) is 37.6 Å². The van der Waals surface area contributed by atoms with Crippen molar-refractivity contribution >= 4 is 27.3 Å². The topological polar surface area (TPSA) is 69.7 Å². The fraction of sp³-hybridized carbons (Fsp3) is 0.450. The van der Waals surface area contributed by atoms with Gasteiger partial charge in [-0.2, -0.15) is 4.31 Å². The van der Waals surface area contributed by atoms with Gasteiger partial charge in [0.1, 0.15) is 0 Å². The van der Waals surface area contributed by atoms with E-state index in [2.05, 4.69) is 11.4 Å². The molecule has 0 radical (unpaired) electrons. The Kier molecular flexibility index (Phi) is 6.87. The molecular weight excluding hydrogens is 394 g/mol. The number of thiophene rings is 1. The average molecular weight is 422 g/mol. The molecule has 8 heteroatoms. The van der Waals surface area contributed by atoms with Gasteiger partial charge in [-0.05, 0) is 43.8 Å². The number of hydrogen-bond donors (Lipinski definition) is 1. The smallest absolute Gasteiger partial charge is 0.243 e. The van der Waals surface area contributed by atoms with E-state index in [4.69, 9.17) is 0 Å². The van der Waals surface area contributed by atoms with Crippen LogP contribution in [0.4, 0.5) is 0 Å². The molecule has 28 heavy (non-hydrogen) atoms. The lowest BCUT2D eigenvalue weighted by Gasteiger charge is -2.36. The molecule has 3 rings (SSSR count). The molecule has 1 saturated heterocycles. The van der Waals surface area contributed by atoms with Crippen LogP contribution in [0.15, 0.2) is 46.7 Å². The molecule has 2 heterocycles. The summed E-state index contributed by atoms with van der Waals surface area (Å²) in [6.07, 6.45) is 0.832. The summed E-state index contributed by atoms with van der Waals surface area (Å²) in [6.45, 7) is 6.30. The van der Waals surface area contributed by atoms with Crippen LogP contribution in [0.3, 0.4) is 0 Å². The van der Waals surface area contributed by atoms with Crippen LogP contribution in [0.1, 0.15) is 17.4 Å². The normalized spacial score (nSPS) is 17.4. The third-order valence-corrected chi connectivity index (χ3v) is 7.96. The molecule has 1 aromatic heterocycles. The number of sulfonamides is 1. The summed E-state index contributed by atoms with van der Waals surface area (Å²) in [6, 6.07) is 10.7. The molecule has 1 N–H and O–H groups in total. The second-order valence-electron chi connectivity index (χ2n) is 7.05. The predicted octanol–water partition coefficient (Wildman–Crippen LogP) is 2.11. The molecular formula is C20H27N3O3S2. The first kappa shape index (κ1) is 21.0. The monoisotopic (exact) mass is 421 g/mol. The molecule has 1 aliphatic rings. The molecule has 152 valence electrons. The van der Waals surface area contributed by atoms with Crippen LogP contribution in [-0.2, 0) is 21.2 Å². The number of aryl methyl sites for hydroxylation is 1. The quantitative estimate of drug-likeness (QED) is 0.743. The summed E-state index contributed by atoms with van der Waals surface area (Å²) in [5.41, 5.74) is 1.03. The van der Waals surface area contributed by atoms with Crippen LogP contribution in [0.25, 0.3) is 0 Å². The van der Waals surface area contributed by atoms with E-state index in [-0.39, 0.29) is 11.9 Å². The van der Waals surface area contributed by atoms with Gasteiger partial charge in [0.2, 0.25) is 15.9 Å². The number of rotatable bonds is 7. The van der Waals surface area contributed by atoms with E-state index in [1.807, 2.05) is 42.3 Å². The van der Waals surface area contributed by atoms with Crippen LogP contribution in [0.5, 0.6) is 0 Å². The Morgan fingerprint density at radius 2 is 1.82 bits per heavy atom. The predicted molar refractivity (Wildman–Crippen MR) is 112 cm³/mol. The summed E-state index contributed by atoms with van der Waals surface area (Å²) in [5, 5.41) is 5.02. The van der Waals surface area contributed by atoms with E-state index in [9.17, 15) is 13.2 Å². The van der Waals surface area contributed by atoms with Crippen molar-refractivity contribution < 1.29 is 13.2 Å². The van der Waals surface area contributed by atoms with Gasteiger partial charge in [0.15, 0.2) is 0 Å². The van der Waals surface area contributed by atoms with Gasteiger partial charge in [0, 0.05) is 37.6 Å². The fourth-order valence-electron chi connectivity index (χ4n) is 3.27. The number of hydrogen-bond acceptors (Lipinski definition) is 5. The molecule has 0 unspecified atom stereocenters. The molecule has 1 aromatic carbocycles. The number of amides is 1. The summed E-state index contributed by atoms with van der Waals surface area (Å²) in [5.74, 6) is -0.00796. The molecule has 1 aliphatic heterocycles. The number of nitrogens with one attached hydrogen (secondary N) is 1. The maximum absolute atomic E-state index is 12.8. The molecule has 0 saturated carbocycles. The maximum atomic E-state index is 12.8. The third kappa shape index (κ3) is 5.00. The Hall–Kier alpha value is -1.74. The van der Waals surface area contributed by atoms with E-state index < -0.39 is 10.0 Å². The van der Waals surface area contributed by atoms with Crippen LogP contribution in [0.2, 0.25) is 0 Å². The number of benzene rings is 1. The van der Waals surface area contributed by atoms with Gasteiger partial charge < -0.3 is 5.32 Å². The number of nitrogens with zero attached hydrogens (tertiary/aromatic N) is 2. The van der Waals surface area contributed by atoms with Gasteiger partial charge in [0.25, 0.3) is 0 Å². The third-order valence-electron chi connectivity index (χ3n) is 5.11. The first-order chi connectivity index (χ1) is 13.4. The van der Waals surface area contributed by atoms with Gasteiger partial charge in [0.05, 0.1) is 10.9 Å². The van der Waals surface area contributed by atoms with Crippen LogP contribution in [-0.4, -0.2) is 62.3 Å². The van der Waals surface area contributed by atoms with Crippen molar-refractivity contribution in [3.8, 4) is 0 Å². The van der Waals surface area contributed by atoms with Gasteiger partial charge >= 0.3 is 0 Å². The summed E-state index contributed by atoms with van der Waals surface area (Å²) < 4.78 is 27.1. The van der Waals surface area contributed by atoms with E-state index in [1.165, 1.54) is 9.18 Å². The minimum absolute atomic E-state index is 0.00796. The largest absolute Gasteiger partial charge is 0.354 e. The molecule has 1 atom stereocenters. The van der Waals surface area contributed by atoms with Crippen LogP contribution in [0, 0.1) is 6.92 Å². The molecule has 1 amide bonds. The lowest BCUT2D eigenvalue weighted by atomic mass is 10.2. The molecule has 2 aromatic rings. The number of carbonyl (C=O) groups excluding carboxylic acids is 1. The Bertz CT molecular complexity index is 872.